The molecule has 2 nitrogen and oxygen atoms in total. The van der Waals surface area contributed by atoms with E-state index in [1.54, 1.807) is 0 Å². The van der Waals surface area contributed by atoms with Gasteiger partial charge >= 0.3 is 0 Å². The van der Waals surface area contributed by atoms with Crippen molar-refractivity contribution in [2.75, 3.05) is 26.2 Å². The van der Waals surface area contributed by atoms with Crippen LogP contribution in [0.15, 0.2) is 0 Å². The number of hydrogen-bond donors (Lipinski definition) is 1. The first-order valence-corrected chi connectivity index (χ1v) is 7.11. The molecule has 0 amide bonds. The minimum absolute atomic E-state index is 0.386. The average Bonchev–Trinajstić information content (AvgIpc) is 2.74. The third-order valence-electron chi connectivity index (χ3n) is 4.53. The maximum Gasteiger partial charge on any atom is 0.0471 e. The van der Waals surface area contributed by atoms with Gasteiger partial charge in [0.25, 0.3) is 0 Å². The number of hydrogen-bond acceptors (Lipinski definition) is 2. The number of aliphatic hydroxyl groups excluding tert-OH is 1. The molecule has 2 fully saturated rings. The zero-order chi connectivity index (χ0) is 11.4. The second kappa shape index (κ2) is 6.02. The van der Waals surface area contributed by atoms with Gasteiger partial charge in [-0.05, 0) is 50.1 Å². The summed E-state index contributed by atoms with van der Waals surface area (Å²) >= 11 is 0. The molecule has 1 aliphatic carbocycles. The van der Waals surface area contributed by atoms with Gasteiger partial charge in [0, 0.05) is 13.2 Å². The minimum atomic E-state index is 0.386. The van der Waals surface area contributed by atoms with Crippen LogP contribution in [0.25, 0.3) is 0 Å². The quantitative estimate of drug-likeness (QED) is 0.794. The Morgan fingerprint density at radius 3 is 2.75 bits per heavy atom. The van der Waals surface area contributed by atoms with E-state index in [1.807, 2.05) is 0 Å². The fourth-order valence-electron chi connectivity index (χ4n) is 3.45. The van der Waals surface area contributed by atoms with Crippen LogP contribution >= 0.6 is 0 Å². The van der Waals surface area contributed by atoms with E-state index in [0.29, 0.717) is 12.5 Å². The first kappa shape index (κ1) is 12.4. The summed E-state index contributed by atoms with van der Waals surface area (Å²) in [6.07, 6.45) is 8.41. The Hall–Kier alpha value is -0.0800. The van der Waals surface area contributed by atoms with Gasteiger partial charge in [-0.3, -0.25) is 0 Å². The topological polar surface area (TPSA) is 23.5 Å². The Morgan fingerprint density at radius 2 is 2.06 bits per heavy atom. The van der Waals surface area contributed by atoms with E-state index in [4.69, 9.17) is 5.11 Å². The summed E-state index contributed by atoms with van der Waals surface area (Å²) in [5, 5.41) is 9.11. The summed E-state index contributed by atoms with van der Waals surface area (Å²) in [5.41, 5.74) is 0. The van der Waals surface area contributed by atoms with Crippen LogP contribution in [-0.4, -0.2) is 36.2 Å². The molecule has 1 heterocycles. The van der Waals surface area contributed by atoms with Crippen molar-refractivity contribution in [1.82, 2.24) is 4.90 Å². The van der Waals surface area contributed by atoms with Crippen LogP contribution in [0.5, 0.6) is 0 Å². The molecule has 1 saturated carbocycles. The van der Waals surface area contributed by atoms with Crippen molar-refractivity contribution in [2.24, 2.45) is 17.8 Å². The molecule has 0 bridgehead atoms. The van der Waals surface area contributed by atoms with E-state index >= 15 is 0 Å². The minimum Gasteiger partial charge on any atom is -0.396 e. The third kappa shape index (κ3) is 3.46. The average molecular weight is 225 g/mol. The van der Waals surface area contributed by atoms with Gasteiger partial charge in [-0.2, -0.15) is 0 Å². The lowest BCUT2D eigenvalue weighted by Crippen LogP contribution is -2.25. The predicted octanol–water partition coefficient (Wildman–Crippen LogP) is 2.52. The fraction of sp³-hybridized carbons (Fsp3) is 1.00. The monoisotopic (exact) mass is 225 g/mol. The number of nitrogens with zero attached hydrogens (tertiary/aromatic N) is 1. The largest absolute Gasteiger partial charge is 0.396 e. The third-order valence-corrected chi connectivity index (χ3v) is 4.53. The van der Waals surface area contributed by atoms with Crippen molar-refractivity contribution in [2.45, 2.75) is 45.4 Å². The molecule has 1 aliphatic heterocycles. The van der Waals surface area contributed by atoms with Gasteiger partial charge in [-0.25, -0.2) is 0 Å². The molecule has 1 N–H and O–H groups in total. The van der Waals surface area contributed by atoms with Crippen molar-refractivity contribution in [3.05, 3.63) is 0 Å². The summed E-state index contributed by atoms with van der Waals surface area (Å²) in [6.45, 7) is 6.42. The number of aliphatic hydroxyl groups is 1. The highest BCUT2D eigenvalue weighted by atomic mass is 16.3. The van der Waals surface area contributed by atoms with Gasteiger partial charge in [-0.1, -0.05) is 26.2 Å². The maximum absolute atomic E-state index is 9.11. The zero-order valence-corrected chi connectivity index (χ0v) is 10.7. The first-order chi connectivity index (χ1) is 7.78. The standard InChI is InChI=1S/C14H27NO/c1-12-3-2-4-13(9-12)5-7-15-8-6-14(10-15)11-16/h12-14,16H,2-11H2,1H3. The van der Waals surface area contributed by atoms with Crippen molar-refractivity contribution >= 4 is 0 Å². The van der Waals surface area contributed by atoms with Gasteiger partial charge in [0.05, 0.1) is 0 Å². The highest BCUT2D eigenvalue weighted by Crippen LogP contribution is 2.31. The van der Waals surface area contributed by atoms with E-state index in [-0.39, 0.29) is 0 Å². The van der Waals surface area contributed by atoms with Crippen LogP contribution in [0.2, 0.25) is 0 Å². The zero-order valence-electron chi connectivity index (χ0n) is 10.7. The van der Waals surface area contributed by atoms with Crippen LogP contribution in [0.1, 0.15) is 45.4 Å². The summed E-state index contributed by atoms with van der Waals surface area (Å²) < 4.78 is 0. The summed E-state index contributed by atoms with van der Waals surface area (Å²) in [5.74, 6) is 2.50. The molecule has 2 aliphatic rings. The van der Waals surface area contributed by atoms with Gasteiger partial charge < -0.3 is 10.0 Å². The molecule has 2 heteroatoms. The molecule has 2 rings (SSSR count). The van der Waals surface area contributed by atoms with E-state index in [2.05, 4.69) is 11.8 Å². The molecule has 0 aromatic carbocycles. The molecule has 0 aromatic rings. The Bertz CT molecular complexity index is 207. The van der Waals surface area contributed by atoms with Crippen molar-refractivity contribution in [3.8, 4) is 0 Å². The second-order valence-corrected chi connectivity index (χ2v) is 6.06. The fourth-order valence-corrected chi connectivity index (χ4v) is 3.45. The van der Waals surface area contributed by atoms with Gasteiger partial charge in [-0.15, -0.1) is 0 Å². The molecule has 0 aromatic heterocycles. The van der Waals surface area contributed by atoms with Crippen LogP contribution in [-0.2, 0) is 0 Å². The van der Waals surface area contributed by atoms with Gasteiger partial charge in [0.1, 0.15) is 0 Å². The van der Waals surface area contributed by atoms with Crippen LogP contribution < -0.4 is 0 Å². The molecule has 0 spiro atoms. The molecular formula is C14H27NO. The van der Waals surface area contributed by atoms with E-state index in [1.165, 1.54) is 51.6 Å². The summed E-state index contributed by atoms with van der Waals surface area (Å²) in [4.78, 5) is 2.56. The van der Waals surface area contributed by atoms with Crippen molar-refractivity contribution in [3.63, 3.8) is 0 Å². The Labute approximate surface area is 100 Å². The first-order valence-electron chi connectivity index (χ1n) is 7.11. The molecule has 3 unspecified atom stereocenters. The maximum atomic E-state index is 9.11. The van der Waals surface area contributed by atoms with Crippen molar-refractivity contribution < 1.29 is 5.11 Å². The highest BCUT2D eigenvalue weighted by molar-refractivity contribution is 4.77. The molecule has 94 valence electrons. The number of likely N-dealkylation sites (tertiary alicyclic amines) is 1. The normalized spacial score (nSPS) is 36.8. The summed E-state index contributed by atoms with van der Waals surface area (Å²) in [6, 6.07) is 0. The van der Waals surface area contributed by atoms with Crippen LogP contribution in [0.3, 0.4) is 0 Å². The lowest BCUT2D eigenvalue weighted by Gasteiger charge is -2.28. The van der Waals surface area contributed by atoms with Crippen LogP contribution in [0.4, 0.5) is 0 Å². The number of rotatable bonds is 4. The Balaban J connectivity index is 1.64. The predicted molar refractivity (Wildman–Crippen MR) is 67.4 cm³/mol. The highest BCUT2D eigenvalue weighted by Gasteiger charge is 2.23. The molecule has 0 radical (unpaired) electrons. The van der Waals surface area contributed by atoms with E-state index in [0.717, 1.165) is 18.4 Å². The smallest absolute Gasteiger partial charge is 0.0471 e. The molecule has 1 saturated heterocycles. The lowest BCUT2D eigenvalue weighted by atomic mass is 9.81. The van der Waals surface area contributed by atoms with E-state index in [9.17, 15) is 0 Å². The SMILES string of the molecule is CC1CCCC(CCN2CCC(CO)C2)C1. The van der Waals surface area contributed by atoms with Crippen LogP contribution in [0, 0.1) is 17.8 Å². The molecular weight excluding hydrogens is 198 g/mol. The van der Waals surface area contributed by atoms with Crippen molar-refractivity contribution in [1.29, 1.82) is 0 Å². The van der Waals surface area contributed by atoms with Gasteiger partial charge in [0.15, 0.2) is 0 Å². The molecule has 3 atom stereocenters. The Kier molecular flexibility index (Phi) is 4.66. The van der Waals surface area contributed by atoms with Gasteiger partial charge in [0.2, 0.25) is 0 Å². The van der Waals surface area contributed by atoms with E-state index < -0.39 is 0 Å². The lowest BCUT2D eigenvalue weighted by molar-refractivity contribution is 0.206. The second-order valence-electron chi connectivity index (χ2n) is 6.06. The summed E-state index contributed by atoms with van der Waals surface area (Å²) in [7, 11) is 0. The Morgan fingerprint density at radius 1 is 1.19 bits per heavy atom. The molecule has 16 heavy (non-hydrogen) atoms.